The monoisotopic (exact) mass is 471 g/mol. The molecular weight excluding hydrogens is 455 g/mol. The zero-order chi connectivity index (χ0) is 23.8. The Kier molecular flexibility index (Phi) is 5.77. The lowest BCUT2D eigenvalue weighted by atomic mass is 10.1. The van der Waals surface area contributed by atoms with Crippen molar-refractivity contribution in [1.29, 1.82) is 0 Å². The first-order valence-corrected chi connectivity index (χ1v) is 11.4. The number of amides is 1. The van der Waals surface area contributed by atoms with Crippen molar-refractivity contribution in [2.24, 2.45) is 0 Å². The van der Waals surface area contributed by atoms with E-state index in [0.717, 1.165) is 18.4 Å². The number of aromatic nitrogens is 2. The second kappa shape index (κ2) is 8.55. The Morgan fingerprint density at radius 2 is 1.67 bits per heavy atom. The van der Waals surface area contributed by atoms with Gasteiger partial charge in [-0.15, -0.1) is 0 Å². The summed E-state index contributed by atoms with van der Waals surface area (Å²) in [6, 6.07) is 14.2. The summed E-state index contributed by atoms with van der Waals surface area (Å²) >= 11 is 0. The highest BCUT2D eigenvalue weighted by molar-refractivity contribution is 7.90. The average molecular weight is 471 g/mol. The summed E-state index contributed by atoms with van der Waals surface area (Å²) in [5, 5.41) is 6.86. The molecule has 33 heavy (non-hydrogen) atoms. The number of sulfone groups is 1. The van der Waals surface area contributed by atoms with Gasteiger partial charge in [0.25, 0.3) is 5.91 Å². The highest BCUT2D eigenvalue weighted by atomic mass is 32.2. The van der Waals surface area contributed by atoms with Gasteiger partial charge in [0.05, 0.1) is 16.1 Å². The van der Waals surface area contributed by atoms with Crippen LogP contribution in [0.4, 0.5) is 18.9 Å². The molecule has 0 bridgehead atoms. The number of anilines is 1. The molecule has 4 rings (SSSR count). The van der Waals surface area contributed by atoms with Gasteiger partial charge in [-0.3, -0.25) is 4.79 Å². The smallest absolute Gasteiger partial charge is 0.259 e. The third kappa shape index (κ3) is 4.80. The van der Waals surface area contributed by atoms with E-state index in [0.29, 0.717) is 11.3 Å². The Bertz CT molecular complexity index is 1470. The minimum absolute atomic E-state index is 0.0239. The van der Waals surface area contributed by atoms with Crippen LogP contribution in [0.15, 0.2) is 77.8 Å². The first-order chi connectivity index (χ1) is 15.6. The van der Waals surface area contributed by atoms with E-state index in [-0.39, 0.29) is 21.8 Å². The van der Waals surface area contributed by atoms with Crippen LogP contribution in [-0.4, -0.2) is 30.4 Å². The summed E-state index contributed by atoms with van der Waals surface area (Å²) in [6.45, 7) is 0. The van der Waals surface area contributed by atoms with E-state index in [2.05, 4.69) is 10.4 Å². The molecule has 0 radical (unpaired) electrons. The third-order valence-electron chi connectivity index (χ3n) is 4.76. The molecule has 0 aliphatic carbocycles. The van der Waals surface area contributed by atoms with Gasteiger partial charge in [0.2, 0.25) is 0 Å². The van der Waals surface area contributed by atoms with Crippen molar-refractivity contribution in [3.8, 4) is 16.9 Å². The number of hydrogen-bond donors (Lipinski definition) is 1. The van der Waals surface area contributed by atoms with Crippen LogP contribution in [0, 0.1) is 17.5 Å². The quantitative estimate of drug-likeness (QED) is 0.461. The van der Waals surface area contributed by atoms with E-state index in [1.165, 1.54) is 59.4 Å². The molecule has 1 amide bonds. The van der Waals surface area contributed by atoms with Gasteiger partial charge in [-0.1, -0.05) is 18.2 Å². The van der Waals surface area contributed by atoms with E-state index < -0.39 is 33.2 Å². The number of nitrogens with one attached hydrogen (secondary N) is 1. The molecule has 1 aromatic heterocycles. The summed E-state index contributed by atoms with van der Waals surface area (Å²) < 4.78 is 65.3. The van der Waals surface area contributed by atoms with Crippen molar-refractivity contribution in [3.63, 3.8) is 0 Å². The Labute approximate surface area is 187 Å². The number of nitrogens with zero attached hydrogens (tertiary/aromatic N) is 2. The normalized spacial score (nSPS) is 11.4. The van der Waals surface area contributed by atoms with Crippen LogP contribution >= 0.6 is 0 Å². The number of benzene rings is 3. The topological polar surface area (TPSA) is 81.1 Å². The van der Waals surface area contributed by atoms with Crippen molar-refractivity contribution in [1.82, 2.24) is 9.78 Å². The van der Waals surface area contributed by atoms with Crippen molar-refractivity contribution < 1.29 is 26.4 Å². The van der Waals surface area contributed by atoms with E-state index in [4.69, 9.17) is 0 Å². The highest BCUT2D eigenvalue weighted by Gasteiger charge is 2.20. The maximum Gasteiger partial charge on any atom is 0.259 e. The van der Waals surface area contributed by atoms with Gasteiger partial charge in [0.1, 0.15) is 11.5 Å². The molecule has 1 N–H and O–H groups in total. The lowest BCUT2D eigenvalue weighted by Crippen LogP contribution is -2.12. The molecule has 6 nitrogen and oxygen atoms in total. The molecular formula is C23H16F3N3O3S. The zero-order valence-corrected chi connectivity index (χ0v) is 17.9. The number of halogens is 3. The summed E-state index contributed by atoms with van der Waals surface area (Å²) in [5.74, 6) is -3.36. The van der Waals surface area contributed by atoms with Crippen molar-refractivity contribution in [3.05, 3.63) is 95.9 Å². The molecule has 1 heterocycles. The summed E-state index contributed by atoms with van der Waals surface area (Å²) in [5.41, 5.74) is 1.02. The minimum Gasteiger partial charge on any atom is -0.322 e. The highest BCUT2D eigenvalue weighted by Crippen LogP contribution is 2.26. The zero-order valence-electron chi connectivity index (χ0n) is 17.1. The Morgan fingerprint density at radius 3 is 2.30 bits per heavy atom. The van der Waals surface area contributed by atoms with Gasteiger partial charge in [-0.25, -0.2) is 26.3 Å². The fourth-order valence-electron chi connectivity index (χ4n) is 3.14. The van der Waals surface area contributed by atoms with Crippen LogP contribution in [0.3, 0.4) is 0 Å². The number of hydrogen-bond acceptors (Lipinski definition) is 4. The second-order valence-electron chi connectivity index (χ2n) is 7.20. The van der Waals surface area contributed by atoms with E-state index >= 15 is 0 Å². The first-order valence-electron chi connectivity index (χ1n) is 9.54. The summed E-state index contributed by atoms with van der Waals surface area (Å²) in [4.78, 5) is 13.1. The molecule has 0 unspecified atom stereocenters. The van der Waals surface area contributed by atoms with Crippen LogP contribution < -0.4 is 5.32 Å². The van der Waals surface area contributed by atoms with Crippen molar-refractivity contribution in [2.75, 3.05) is 11.6 Å². The van der Waals surface area contributed by atoms with E-state index in [9.17, 15) is 26.4 Å². The lowest BCUT2D eigenvalue weighted by molar-refractivity contribution is 0.102. The molecule has 0 aliphatic heterocycles. The molecule has 4 aromatic rings. The molecule has 0 saturated heterocycles. The minimum atomic E-state index is -3.43. The van der Waals surface area contributed by atoms with Crippen LogP contribution in [0.25, 0.3) is 16.9 Å². The van der Waals surface area contributed by atoms with E-state index in [1.54, 1.807) is 6.07 Å². The average Bonchev–Trinajstić information content (AvgIpc) is 3.22. The first kappa shape index (κ1) is 22.3. The maximum absolute atomic E-state index is 13.7. The van der Waals surface area contributed by atoms with Crippen molar-refractivity contribution in [2.45, 2.75) is 4.90 Å². The molecule has 168 valence electrons. The van der Waals surface area contributed by atoms with Crippen LogP contribution in [-0.2, 0) is 9.84 Å². The lowest BCUT2D eigenvalue weighted by Gasteiger charge is -2.06. The predicted molar refractivity (Wildman–Crippen MR) is 116 cm³/mol. The molecule has 0 spiro atoms. The Balaban J connectivity index is 1.78. The molecule has 0 saturated carbocycles. The fourth-order valence-corrected chi connectivity index (χ4v) is 3.77. The standard InChI is InChI=1S/C23H16F3N3O3S/c1-33(31,32)18-8-5-14(6-9-18)22-19(13-29(28-22)17-4-2-3-15(24)11-17)23(30)27-16-7-10-20(25)21(26)12-16/h2-13H,1H3,(H,27,30). The predicted octanol–water partition coefficient (Wildman–Crippen LogP) is 4.61. The van der Waals surface area contributed by atoms with Gasteiger partial charge in [0.15, 0.2) is 21.5 Å². The van der Waals surface area contributed by atoms with Gasteiger partial charge in [-0.2, -0.15) is 5.10 Å². The van der Waals surface area contributed by atoms with Gasteiger partial charge in [0, 0.05) is 29.8 Å². The maximum atomic E-state index is 13.7. The Morgan fingerprint density at radius 1 is 0.939 bits per heavy atom. The van der Waals surface area contributed by atoms with Gasteiger partial charge < -0.3 is 5.32 Å². The number of rotatable bonds is 5. The largest absolute Gasteiger partial charge is 0.322 e. The molecule has 0 aliphatic rings. The number of carbonyl (C=O) groups excluding carboxylic acids is 1. The van der Waals surface area contributed by atoms with Gasteiger partial charge in [-0.05, 0) is 42.5 Å². The molecule has 3 aromatic carbocycles. The molecule has 0 fully saturated rings. The van der Waals surface area contributed by atoms with E-state index in [1.807, 2.05) is 0 Å². The van der Waals surface area contributed by atoms with Crippen molar-refractivity contribution >= 4 is 21.4 Å². The van der Waals surface area contributed by atoms with Crippen LogP contribution in [0.1, 0.15) is 10.4 Å². The number of carbonyl (C=O) groups is 1. The summed E-state index contributed by atoms with van der Waals surface area (Å²) in [7, 11) is -3.43. The fraction of sp³-hybridized carbons (Fsp3) is 0.0435. The Hall–Kier alpha value is -3.92. The molecule has 10 heteroatoms. The third-order valence-corrected chi connectivity index (χ3v) is 5.89. The van der Waals surface area contributed by atoms with Crippen LogP contribution in [0.2, 0.25) is 0 Å². The SMILES string of the molecule is CS(=O)(=O)c1ccc(-c2nn(-c3cccc(F)c3)cc2C(=O)Nc2ccc(F)c(F)c2)cc1. The summed E-state index contributed by atoms with van der Waals surface area (Å²) in [6.07, 6.45) is 2.44. The van der Waals surface area contributed by atoms with Crippen LogP contribution in [0.5, 0.6) is 0 Å². The second-order valence-corrected chi connectivity index (χ2v) is 9.21. The molecule has 0 atom stereocenters. The van der Waals surface area contributed by atoms with Gasteiger partial charge >= 0.3 is 0 Å².